The predicted molar refractivity (Wildman–Crippen MR) is 79.8 cm³/mol. The van der Waals surface area contributed by atoms with Gasteiger partial charge in [0.15, 0.2) is 11.5 Å². The fourth-order valence-electron chi connectivity index (χ4n) is 1.96. The number of nitrogens with one attached hydrogen (secondary N) is 2. The van der Waals surface area contributed by atoms with Gasteiger partial charge in [-0.05, 0) is 24.7 Å². The lowest BCUT2D eigenvalue weighted by Crippen LogP contribution is -2.40. The highest BCUT2D eigenvalue weighted by Crippen LogP contribution is 2.36. The van der Waals surface area contributed by atoms with E-state index in [0.29, 0.717) is 13.1 Å². The van der Waals surface area contributed by atoms with E-state index in [0.717, 1.165) is 17.1 Å². The van der Waals surface area contributed by atoms with Crippen molar-refractivity contribution in [3.05, 3.63) is 23.8 Å². The normalized spacial score (nSPS) is 12.8. The van der Waals surface area contributed by atoms with Crippen LogP contribution < -0.4 is 20.1 Å². The minimum absolute atomic E-state index is 0. The van der Waals surface area contributed by atoms with Crippen molar-refractivity contribution in [1.29, 1.82) is 0 Å². The zero-order valence-electron chi connectivity index (χ0n) is 12.0. The third-order valence-corrected chi connectivity index (χ3v) is 3.22. The lowest BCUT2D eigenvalue weighted by atomic mass is 9.84. The Bertz CT molecular complexity index is 477. The summed E-state index contributed by atoms with van der Waals surface area (Å²) < 4.78 is 10.7. The van der Waals surface area contributed by atoms with Crippen LogP contribution in [0.1, 0.15) is 19.4 Å². The van der Waals surface area contributed by atoms with Gasteiger partial charge in [-0.2, -0.15) is 0 Å². The SMILES string of the molecule is CNCC(=O)NCC(C)(C)c1ccc2c(c1)OCO2.Cl. The van der Waals surface area contributed by atoms with Gasteiger partial charge in [-0.3, -0.25) is 4.79 Å². The van der Waals surface area contributed by atoms with E-state index in [1.807, 2.05) is 18.2 Å². The van der Waals surface area contributed by atoms with Gasteiger partial charge in [-0.1, -0.05) is 19.9 Å². The Morgan fingerprint density at radius 3 is 2.70 bits per heavy atom. The van der Waals surface area contributed by atoms with Crippen LogP contribution in [-0.2, 0) is 10.2 Å². The average Bonchev–Trinajstić information content (AvgIpc) is 2.84. The van der Waals surface area contributed by atoms with Gasteiger partial charge in [0.2, 0.25) is 12.7 Å². The highest BCUT2D eigenvalue weighted by Gasteiger charge is 2.24. The molecule has 1 aliphatic heterocycles. The maximum Gasteiger partial charge on any atom is 0.233 e. The summed E-state index contributed by atoms with van der Waals surface area (Å²) >= 11 is 0. The molecule has 0 unspecified atom stereocenters. The highest BCUT2D eigenvalue weighted by molar-refractivity contribution is 5.85. The Labute approximate surface area is 125 Å². The van der Waals surface area contributed by atoms with Crippen LogP contribution in [0, 0.1) is 0 Å². The van der Waals surface area contributed by atoms with E-state index < -0.39 is 0 Å². The summed E-state index contributed by atoms with van der Waals surface area (Å²) in [4.78, 5) is 11.5. The number of hydrogen-bond acceptors (Lipinski definition) is 4. The Morgan fingerprint density at radius 2 is 2.00 bits per heavy atom. The zero-order chi connectivity index (χ0) is 13.9. The Balaban J connectivity index is 0.00000200. The molecule has 0 saturated carbocycles. The van der Waals surface area contributed by atoms with Crippen molar-refractivity contribution in [1.82, 2.24) is 10.6 Å². The quantitative estimate of drug-likeness (QED) is 0.864. The van der Waals surface area contributed by atoms with Crippen molar-refractivity contribution in [2.24, 2.45) is 0 Å². The Morgan fingerprint density at radius 1 is 1.30 bits per heavy atom. The molecule has 0 saturated heterocycles. The van der Waals surface area contributed by atoms with E-state index >= 15 is 0 Å². The van der Waals surface area contributed by atoms with Crippen molar-refractivity contribution >= 4 is 18.3 Å². The van der Waals surface area contributed by atoms with Crippen molar-refractivity contribution in [3.63, 3.8) is 0 Å². The lowest BCUT2D eigenvalue weighted by Gasteiger charge is -2.26. The molecule has 1 aromatic rings. The molecule has 1 aromatic carbocycles. The minimum atomic E-state index is -0.162. The molecule has 1 aliphatic rings. The number of halogens is 1. The number of rotatable bonds is 5. The largest absolute Gasteiger partial charge is 0.454 e. The first-order valence-corrected chi connectivity index (χ1v) is 6.34. The van der Waals surface area contributed by atoms with Crippen LogP contribution in [0.15, 0.2) is 18.2 Å². The predicted octanol–water partition coefficient (Wildman–Crippen LogP) is 1.45. The molecule has 5 nitrogen and oxygen atoms in total. The number of carbonyl (C=O) groups excluding carboxylic acids is 1. The second-order valence-electron chi connectivity index (χ2n) is 5.26. The van der Waals surface area contributed by atoms with E-state index in [4.69, 9.17) is 9.47 Å². The molecule has 0 aromatic heterocycles. The number of hydrogen-bond donors (Lipinski definition) is 2. The maximum atomic E-state index is 11.5. The van der Waals surface area contributed by atoms with Crippen molar-refractivity contribution < 1.29 is 14.3 Å². The molecule has 6 heteroatoms. The van der Waals surface area contributed by atoms with E-state index in [1.165, 1.54) is 0 Å². The maximum absolute atomic E-state index is 11.5. The Kier molecular flexibility index (Phi) is 5.65. The topological polar surface area (TPSA) is 59.6 Å². The van der Waals surface area contributed by atoms with Crippen LogP contribution in [0.25, 0.3) is 0 Å². The number of carbonyl (C=O) groups is 1. The number of ether oxygens (including phenoxy) is 2. The van der Waals surface area contributed by atoms with E-state index in [9.17, 15) is 4.79 Å². The van der Waals surface area contributed by atoms with Crippen molar-refractivity contribution in [2.45, 2.75) is 19.3 Å². The van der Waals surface area contributed by atoms with Crippen LogP contribution in [0.5, 0.6) is 11.5 Å². The molecule has 2 rings (SSSR count). The van der Waals surface area contributed by atoms with Gasteiger partial charge < -0.3 is 20.1 Å². The number of benzene rings is 1. The van der Waals surface area contributed by atoms with Crippen LogP contribution in [0.2, 0.25) is 0 Å². The number of fused-ring (bicyclic) bond motifs is 1. The molecule has 1 heterocycles. The molecule has 2 N–H and O–H groups in total. The zero-order valence-corrected chi connectivity index (χ0v) is 12.8. The summed E-state index contributed by atoms with van der Waals surface area (Å²) in [6, 6.07) is 5.90. The van der Waals surface area contributed by atoms with Crippen molar-refractivity contribution in [3.8, 4) is 11.5 Å². The third kappa shape index (κ3) is 3.77. The first-order chi connectivity index (χ1) is 9.03. The second kappa shape index (κ2) is 6.81. The molecule has 1 amide bonds. The van der Waals surface area contributed by atoms with Gasteiger partial charge in [-0.15, -0.1) is 12.4 Å². The van der Waals surface area contributed by atoms with Gasteiger partial charge >= 0.3 is 0 Å². The molecule has 0 aliphatic carbocycles. The molecule has 112 valence electrons. The van der Waals surface area contributed by atoms with Crippen LogP contribution >= 0.6 is 12.4 Å². The van der Waals surface area contributed by atoms with E-state index in [2.05, 4.69) is 24.5 Å². The van der Waals surface area contributed by atoms with Crippen LogP contribution in [0.4, 0.5) is 0 Å². The number of amides is 1. The smallest absolute Gasteiger partial charge is 0.233 e. The molecule has 20 heavy (non-hydrogen) atoms. The van der Waals surface area contributed by atoms with Crippen molar-refractivity contribution in [2.75, 3.05) is 26.9 Å². The molecule has 0 radical (unpaired) electrons. The highest BCUT2D eigenvalue weighted by atomic mass is 35.5. The number of likely N-dealkylation sites (N-methyl/N-ethyl adjacent to an activating group) is 1. The Hall–Kier alpha value is -1.46. The van der Waals surface area contributed by atoms with Gasteiger partial charge in [0.05, 0.1) is 6.54 Å². The summed E-state index contributed by atoms with van der Waals surface area (Å²) in [5.74, 6) is 1.54. The molecular weight excluding hydrogens is 280 g/mol. The van der Waals surface area contributed by atoms with E-state index in [-0.39, 0.29) is 30.5 Å². The molecule has 0 spiro atoms. The molecule has 0 atom stereocenters. The summed E-state index contributed by atoms with van der Waals surface area (Å²) in [6.07, 6.45) is 0. The molecule has 0 bridgehead atoms. The monoisotopic (exact) mass is 300 g/mol. The summed E-state index contributed by atoms with van der Waals surface area (Å²) in [5.41, 5.74) is 0.950. The lowest BCUT2D eigenvalue weighted by molar-refractivity contribution is -0.120. The van der Waals surface area contributed by atoms with Gasteiger partial charge in [0, 0.05) is 12.0 Å². The molecule has 0 fully saturated rings. The standard InChI is InChI=1S/C14H20N2O3.ClH/c1-14(2,8-16-13(17)7-15-3)10-4-5-11-12(6-10)19-9-18-11;/h4-6,15H,7-9H2,1-3H3,(H,16,17);1H. The average molecular weight is 301 g/mol. The minimum Gasteiger partial charge on any atom is -0.454 e. The van der Waals surface area contributed by atoms with E-state index in [1.54, 1.807) is 7.05 Å². The van der Waals surface area contributed by atoms with Crippen LogP contribution in [-0.4, -0.2) is 32.8 Å². The van der Waals surface area contributed by atoms with Gasteiger partial charge in [0.1, 0.15) is 0 Å². The molecular formula is C14H21ClN2O3. The third-order valence-electron chi connectivity index (χ3n) is 3.22. The summed E-state index contributed by atoms with van der Waals surface area (Å²) in [6.45, 7) is 5.36. The fourth-order valence-corrected chi connectivity index (χ4v) is 1.96. The summed E-state index contributed by atoms with van der Waals surface area (Å²) in [7, 11) is 1.75. The first-order valence-electron chi connectivity index (χ1n) is 6.34. The second-order valence-corrected chi connectivity index (χ2v) is 5.26. The van der Waals surface area contributed by atoms with Gasteiger partial charge in [0.25, 0.3) is 0 Å². The van der Waals surface area contributed by atoms with Gasteiger partial charge in [-0.25, -0.2) is 0 Å². The summed E-state index contributed by atoms with van der Waals surface area (Å²) in [5, 5.41) is 5.75. The first kappa shape index (κ1) is 16.6. The van der Waals surface area contributed by atoms with Crippen LogP contribution in [0.3, 0.4) is 0 Å². The fraction of sp³-hybridized carbons (Fsp3) is 0.500.